The first-order valence-corrected chi connectivity index (χ1v) is 6.35. The average Bonchev–Trinajstić information content (AvgIpc) is 3.17. The van der Waals surface area contributed by atoms with Crippen LogP contribution in [0.4, 0.5) is 0 Å². The molecule has 1 fully saturated rings. The highest BCUT2D eigenvalue weighted by atomic mass is 16.6. The molecule has 0 aliphatic carbocycles. The first kappa shape index (κ1) is 12.6. The van der Waals surface area contributed by atoms with Crippen molar-refractivity contribution >= 4 is 16.8 Å². The molecule has 0 saturated carbocycles. The van der Waals surface area contributed by atoms with Crippen molar-refractivity contribution in [2.45, 2.75) is 24.5 Å². The molecule has 0 radical (unpaired) electrons. The normalized spacial score (nSPS) is 29.7. The number of aliphatic hydroxyl groups excluding tert-OH is 3. The third-order valence-electron chi connectivity index (χ3n) is 3.63. The van der Waals surface area contributed by atoms with Crippen LogP contribution in [0, 0.1) is 0 Å². The van der Waals surface area contributed by atoms with Gasteiger partial charge in [-0.15, -0.1) is 5.10 Å². The minimum atomic E-state index is -1.20. The lowest BCUT2D eigenvalue weighted by Gasteiger charge is -2.16. The molecule has 3 N–H and O–H groups in total. The predicted molar refractivity (Wildman–Crippen MR) is 67.1 cm³/mol. The molecule has 4 unspecified atom stereocenters. The summed E-state index contributed by atoms with van der Waals surface area (Å²) in [6, 6.07) is 0. The number of nitrogens with zero attached hydrogens (tertiary/aromatic N) is 6. The smallest absolute Gasteiger partial charge is 0.190 e. The lowest BCUT2D eigenvalue weighted by Crippen LogP contribution is -2.33. The summed E-state index contributed by atoms with van der Waals surface area (Å²) in [6.07, 6.45) is 0.536. The predicted octanol–water partition coefficient (Wildman–Crippen LogP) is -1.91. The number of aromatic nitrogens is 6. The summed E-state index contributed by atoms with van der Waals surface area (Å²) in [4.78, 5) is 8.36. The van der Waals surface area contributed by atoms with Crippen LogP contribution in [-0.4, -0.2) is 69.6 Å². The molecule has 21 heavy (non-hydrogen) atoms. The Kier molecular flexibility index (Phi) is 2.65. The van der Waals surface area contributed by atoms with Crippen LogP contribution < -0.4 is 0 Å². The summed E-state index contributed by atoms with van der Waals surface area (Å²) < 4.78 is 8.42. The number of imidazole rings is 2. The summed E-state index contributed by atoms with van der Waals surface area (Å²) in [7, 11) is 0. The molecule has 10 nitrogen and oxygen atoms in total. The van der Waals surface area contributed by atoms with Gasteiger partial charge in [0.1, 0.15) is 18.3 Å². The molecule has 110 valence electrons. The number of aliphatic hydroxyl groups is 3. The van der Waals surface area contributed by atoms with Crippen LogP contribution in [0.15, 0.2) is 18.7 Å². The van der Waals surface area contributed by atoms with Crippen LogP contribution in [-0.2, 0) is 4.74 Å². The van der Waals surface area contributed by atoms with Gasteiger partial charge in [0.05, 0.1) is 19.1 Å². The lowest BCUT2D eigenvalue weighted by atomic mass is 10.1. The molecule has 1 aliphatic heterocycles. The van der Waals surface area contributed by atoms with Gasteiger partial charge in [0.25, 0.3) is 0 Å². The van der Waals surface area contributed by atoms with E-state index in [-0.39, 0.29) is 0 Å². The van der Waals surface area contributed by atoms with E-state index in [2.05, 4.69) is 20.3 Å². The standard InChI is InChI=1S/C11H12N6O4/c18-3-5-7(19)8(20)11(21-5)16-4-13-6-9-12-1-2-17(9)15-14-10(6)16/h1-2,4-5,7-8,11,18-20H,3H2. The van der Waals surface area contributed by atoms with Crippen molar-refractivity contribution in [1.82, 2.24) is 29.4 Å². The van der Waals surface area contributed by atoms with Crippen LogP contribution >= 0.6 is 0 Å². The highest BCUT2D eigenvalue weighted by Crippen LogP contribution is 2.31. The van der Waals surface area contributed by atoms with Crippen molar-refractivity contribution in [3.8, 4) is 0 Å². The Morgan fingerprint density at radius 2 is 2.05 bits per heavy atom. The van der Waals surface area contributed by atoms with Gasteiger partial charge in [0.2, 0.25) is 0 Å². The second kappa shape index (κ2) is 4.43. The molecule has 0 aromatic carbocycles. The largest absolute Gasteiger partial charge is 0.394 e. The second-order valence-electron chi connectivity index (χ2n) is 4.84. The highest BCUT2D eigenvalue weighted by molar-refractivity contribution is 5.84. The van der Waals surface area contributed by atoms with Gasteiger partial charge < -0.3 is 20.1 Å². The van der Waals surface area contributed by atoms with E-state index in [1.807, 2.05) is 0 Å². The topological polar surface area (TPSA) is 131 Å². The summed E-state index contributed by atoms with van der Waals surface area (Å²) in [5.74, 6) is 0. The molecular weight excluding hydrogens is 280 g/mol. The monoisotopic (exact) mass is 292 g/mol. The first-order chi connectivity index (χ1) is 10.2. The van der Waals surface area contributed by atoms with Gasteiger partial charge in [-0.2, -0.15) is 0 Å². The SMILES string of the molecule is OCC1OC(n2cnc3c2nnn2ccnc32)C(O)C1O. The van der Waals surface area contributed by atoms with Crippen LogP contribution in [0.3, 0.4) is 0 Å². The Labute approximate surface area is 117 Å². The Morgan fingerprint density at radius 1 is 1.19 bits per heavy atom. The van der Waals surface area contributed by atoms with Gasteiger partial charge >= 0.3 is 0 Å². The number of ether oxygens (including phenoxy) is 1. The Hall–Kier alpha value is -2.14. The third kappa shape index (κ3) is 1.67. The molecule has 0 amide bonds. The number of fused-ring (bicyclic) bond motifs is 3. The van der Waals surface area contributed by atoms with Crippen molar-refractivity contribution in [2.24, 2.45) is 0 Å². The zero-order chi connectivity index (χ0) is 14.6. The zero-order valence-electron chi connectivity index (χ0n) is 10.7. The van der Waals surface area contributed by atoms with Gasteiger partial charge in [-0.05, 0) is 0 Å². The van der Waals surface area contributed by atoms with E-state index >= 15 is 0 Å². The van der Waals surface area contributed by atoms with Crippen LogP contribution in [0.25, 0.3) is 16.8 Å². The Bertz CT molecular complexity index is 800. The summed E-state index contributed by atoms with van der Waals surface area (Å²) in [5, 5.41) is 37.0. The zero-order valence-corrected chi connectivity index (χ0v) is 10.7. The molecule has 10 heteroatoms. The van der Waals surface area contributed by atoms with Crippen molar-refractivity contribution in [2.75, 3.05) is 6.61 Å². The fraction of sp³-hybridized carbons (Fsp3) is 0.455. The van der Waals surface area contributed by atoms with E-state index in [9.17, 15) is 10.2 Å². The van der Waals surface area contributed by atoms with Crippen molar-refractivity contribution in [3.05, 3.63) is 18.7 Å². The molecule has 4 heterocycles. The maximum atomic E-state index is 10.1. The molecule has 4 rings (SSSR count). The fourth-order valence-corrected chi connectivity index (χ4v) is 2.54. The number of rotatable bonds is 2. The molecule has 0 spiro atoms. The first-order valence-electron chi connectivity index (χ1n) is 6.35. The number of hydrogen-bond donors (Lipinski definition) is 3. The summed E-state index contributed by atoms with van der Waals surface area (Å²) in [5.41, 5.74) is 1.42. The Morgan fingerprint density at radius 3 is 2.81 bits per heavy atom. The summed E-state index contributed by atoms with van der Waals surface area (Å²) in [6.45, 7) is -0.391. The third-order valence-corrected chi connectivity index (χ3v) is 3.63. The molecule has 1 saturated heterocycles. The molecule has 4 atom stereocenters. The molecule has 3 aromatic heterocycles. The van der Waals surface area contributed by atoms with E-state index in [0.29, 0.717) is 16.8 Å². The molecule has 0 bridgehead atoms. The lowest BCUT2D eigenvalue weighted by molar-refractivity contribution is -0.0511. The van der Waals surface area contributed by atoms with Gasteiger partial charge in [-0.1, -0.05) is 5.21 Å². The minimum absolute atomic E-state index is 0.378. The quantitative estimate of drug-likeness (QED) is 0.498. The average molecular weight is 292 g/mol. The summed E-state index contributed by atoms with van der Waals surface area (Å²) >= 11 is 0. The van der Waals surface area contributed by atoms with Gasteiger partial charge in [0, 0.05) is 6.20 Å². The molecule has 3 aromatic rings. The Balaban J connectivity index is 1.84. The van der Waals surface area contributed by atoms with Crippen molar-refractivity contribution < 1.29 is 20.1 Å². The minimum Gasteiger partial charge on any atom is -0.394 e. The highest BCUT2D eigenvalue weighted by Gasteiger charge is 2.44. The maximum absolute atomic E-state index is 10.1. The van der Waals surface area contributed by atoms with Gasteiger partial charge in [0.15, 0.2) is 23.0 Å². The van der Waals surface area contributed by atoms with E-state index in [1.165, 1.54) is 15.4 Å². The number of hydrogen-bond acceptors (Lipinski definition) is 8. The van der Waals surface area contributed by atoms with E-state index in [1.54, 1.807) is 12.4 Å². The van der Waals surface area contributed by atoms with E-state index < -0.39 is 31.1 Å². The van der Waals surface area contributed by atoms with E-state index in [4.69, 9.17) is 9.84 Å². The van der Waals surface area contributed by atoms with Gasteiger partial charge in [-0.3, -0.25) is 4.57 Å². The van der Waals surface area contributed by atoms with Crippen LogP contribution in [0.1, 0.15) is 6.23 Å². The van der Waals surface area contributed by atoms with Crippen molar-refractivity contribution in [1.29, 1.82) is 0 Å². The van der Waals surface area contributed by atoms with Crippen LogP contribution in [0.5, 0.6) is 0 Å². The second-order valence-corrected chi connectivity index (χ2v) is 4.84. The van der Waals surface area contributed by atoms with Crippen LogP contribution in [0.2, 0.25) is 0 Å². The van der Waals surface area contributed by atoms with Gasteiger partial charge in [-0.25, -0.2) is 14.5 Å². The fourth-order valence-electron chi connectivity index (χ4n) is 2.54. The molecular formula is C11H12N6O4. The molecule has 1 aliphatic rings. The maximum Gasteiger partial charge on any atom is 0.190 e. The van der Waals surface area contributed by atoms with E-state index in [0.717, 1.165) is 0 Å². The van der Waals surface area contributed by atoms with Crippen molar-refractivity contribution in [3.63, 3.8) is 0 Å².